The maximum atomic E-state index is 13.0. The van der Waals surface area contributed by atoms with Gasteiger partial charge in [-0.2, -0.15) is 0 Å². The Morgan fingerprint density at radius 2 is 1.50 bits per heavy atom. The Labute approximate surface area is 165 Å². The Kier molecular flexibility index (Phi) is 6.52. The van der Waals surface area contributed by atoms with Crippen LogP contribution in [0.2, 0.25) is 5.02 Å². The zero-order valence-corrected chi connectivity index (χ0v) is 16.4. The summed E-state index contributed by atoms with van der Waals surface area (Å²) in [4.78, 5) is 47.9. The average Bonchev–Trinajstić information content (AvgIpc) is 2.63. The lowest BCUT2D eigenvalue weighted by atomic mass is 9.96. The topological polar surface area (TPSA) is 121 Å². The van der Waals surface area contributed by atoms with Crippen LogP contribution in [-0.4, -0.2) is 45.1 Å². The number of rotatable bonds is 6. The molecular weight excluding hydrogens is 412 g/mol. The van der Waals surface area contributed by atoms with Gasteiger partial charge in [0, 0.05) is 11.1 Å². The van der Waals surface area contributed by atoms with Gasteiger partial charge in [-0.3, -0.25) is 9.59 Å². The van der Waals surface area contributed by atoms with E-state index < -0.39 is 49.4 Å². The number of Topliss-reactive ketones (excluding diaryl/α,β-unsaturated/α-hetero) is 1. The van der Waals surface area contributed by atoms with Crippen LogP contribution in [-0.2, 0) is 38.5 Å². The quantitative estimate of drug-likeness (QED) is 0.382. The minimum absolute atomic E-state index is 0.106. The first-order valence-corrected chi connectivity index (χ1v) is 9.91. The number of ketones is 2. The predicted octanol–water partition coefficient (Wildman–Crippen LogP) is 1.57. The van der Waals surface area contributed by atoms with E-state index in [9.17, 15) is 27.6 Å². The van der Waals surface area contributed by atoms with Crippen molar-refractivity contribution in [1.82, 2.24) is 0 Å². The largest absolute Gasteiger partial charge is 0.462 e. The van der Waals surface area contributed by atoms with E-state index in [0.717, 1.165) is 12.1 Å². The highest BCUT2D eigenvalue weighted by Crippen LogP contribution is 2.31. The highest BCUT2D eigenvalue weighted by atomic mass is 35.5. The lowest BCUT2D eigenvalue weighted by molar-refractivity contribution is -0.142. The summed E-state index contributed by atoms with van der Waals surface area (Å²) in [6.07, 6.45) is 0.577. The molecule has 0 bridgehead atoms. The summed E-state index contributed by atoms with van der Waals surface area (Å²) >= 11 is 5.75. The third-order valence-electron chi connectivity index (χ3n) is 3.57. The third kappa shape index (κ3) is 4.05. The molecule has 1 aromatic carbocycles. The second-order valence-corrected chi connectivity index (χ2v) is 7.68. The lowest BCUT2D eigenvalue weighted by Gasteiger charge is -2.17. The normalized spacial score (nSPS) is 14.6. The van der Waals surface area contributed by atoms with Crippen LogP contribution in [0.15, 0.2) is 51.3 Å². The van der Waals surface area contributed by atoms with Crippen LogP contribution in [0.4, 0.5) is 0 Å². The molecular formula is C18H15ClO8S. The number of esters is 2. The van der Waals surface area contributed by atoms with Crippen molar-refractivity contribution < 1.29 is 37.1 Å². The van der Waals surface area contributed by atoms with Crippen molar-refractivity contribution in [1.29, 1.82) is 0 Å². The van der Waals surface area contributed by atoms with Crippen LogP contribution >= 0.6 is 11.6 Å². The fourth-order valence-electron chi connectivity index (χ4n) is 2.36. The van der Waals surface area contributed by atoms with Gasteiger partial charge in [-0.15, -0.1) is 0 Å². The molecule has 8 nitrogen and oxygen atoms in total. The van der Waals surface area contributed by atoms with E-state index in [0.29, 0.717) is 6.08 Å². The Balaban J connectivity index is 2.73. The van der Waals surface area contributed by atoms with Gasteiger partial charge in [-0.25, -0.2) is 18.0 Å². The van der Waals surface area contributed by atoms with E-state index in [-0.39, 0.29) is 23.1 Å². The molecule has 0 aromatic heterocycles. The molecule has 0 fully saturated rings. The molecule has 0 saturated carbocycles. The van der Waals surface area contributed by atoms with Crippen molar-refractivity contribution in [3.8, 4) is 0 Å². The zero-order valence-electron chi connectivity index (χ0n) is 14.9. The summed E-state index contributed by atoms with van der Waals surface area (Å²) in [6, 6.07) is 4.73. The number of allylic oxidation sites excluding steroid dienone is 2. The van der Waals surface area contributed by atoms with E-state index in [1.807, 2.05) is 0 Å². The minimum Gasteiger partial charge on any atom is -0.462 e. The van der Waals surface area contributed by atoms with Crippen molar-refractivity contribution in [2.45, 2.75) is 18.7 Å². The molecule has 10 heteroatoms. The predicted molar refractivity (Wildman–Crippen MR) is 97.0 cm³/mol. The molecule has 1 aliphatic rings. The van der Waals surface area contributed by atoms with E-state index in [1.54, 1.807) is 0 Å². The zero-order chi connectivity index (χ0) is 21.1. The van der Waals surface area contributed by atoms with Gasteiger partial charge >= 0.3 is 11.9 Å². The summed E-state index contributed by atoms with van der Waals surface area (Å²) in [5.74, 6) is -4.93. The number of hydrogen-bond acceptors (Lipinski definition) is 8. The maximum Gasteiger partial charge on any atom is 0.343 e. The first-order valence-electron chi connectivity index (χ1n) is 8.05. The number of carbonyl (C=O) groups excluding carboxylic acids is 4. The molecule has 0 spiro atoms. The molecule has 2 rings (SSSR count). The first-order chi connectivity index (χ1) is 13.1. The molecule has 0 radical (unpaired) electrons. The Bertz CT molecular complexity index is 1020. The average molecular weight is 427 g/mol. The number of ether oxygens (including phenoxy) is 2. The molecule has 0 aliphatic heterocycles. The smallest absolute Gasteiger partial charge is 0.343 e. The summed E-state index contributed by atoms with van der Waals surface area (Å²) in [7, 11) is -4.65. The fourth-order valence-corrected chi connectivity index (χ4v) is 4.02. The number of halogens is 1. The summed E-state index contributed by atoms with van der Waals surface area (Å²) in [5.41, 5.74) is -1.75. The maximum absolute atomic E-state index is 13.0. The van der Waals surface area contributed by atoms with Gasteiger partial charge in [0.05, 0.1) is 18.1 Å². The van der Waals surface area contributed by atoms with Crippen molar-refractivity contribution in [3.63, 3.8) is 0 Å². The van der Waals surface area contributed by atoms with Crippen molar-refractivity contribution in [2.75, 3.05) is 13.2 Å². The molecule has 0 N–H and O–H groups in total. The van der Waals surface area contributed by atoms with Crippen LogP contribution in [0.25, 0.3) is 0 Å². The highest BCUT2D eigenvalue weighted by molar-refractivity contribution is 7.96. The summed E-state index contributed by atoms with van der Waals surface area (Å²) in [5, 5.41) is 0.233. The minimum atomic E-state index is -4.65. The molecule has 0 unspecified atom stereocenters. The number of hydrogen-bond donors (Lipinski definition) is 0. The van der Waals surface area contributed by atoms with Gasteiger partial charge in [0.1, 0.15) is 16.1 Å². The van der Waals surface area contributed by atoms with Crippen LogP contribution in [0.3, 0.4) is 0 Å². The van der Waals surface area contributed by atoms with Gasteiger partial charge in [0.25, 0.3) is 0 Å². The molecule has 1 aromatic rings. The highest BCUT2D eigenvalue weighted by Gasteiger charge is 2.43. The molecule has 0 amide bonds. The van der Waals surface area contributed by atoms with Crippen LogP contribution in [0, 0.1) is 0 Å². The van der Waals surface area contributed by atoms with E-state index in [1.165, 1.54) is 26.0 Å². The Hall–Kier alpha value is -2.78. The Morgan fingerprint density at radius 1 is 0.964 bits per heavy atom. The van der Waals surface area contributed by atoms with Crippen molar-refractivity contribution in [3.05, 3.63) is 51.4 Å². The molecule has 1 aliphatic carbocycles. The van der Waals surface area contributed by atoms with Crippen molar-refractivity contribution >= 4 is 44.9 Å². The van der Waals surface area contributed by atoms with Crippen LogP contribution in [0.5, 0.6) is 0 Å². The molecule has 148 valence electrons. The third-order valence-corrected chi connectivity index (χ3v) is 5.64. The van der Waals surface area contributed by atoms with E-state index >= 15 is 0 Å². The van der Waals surface area contributed by atoms with Gasteiger partial charge in [-0.05, 0) is 38.1 Å². The number of carbonyl (C=O) groups is 4. The molecule has 0 atom stereocenters. The van der Waals surface area contributed by atoms with Crippen LogP contribution < -0.4 is 0 Å². The van der Waals surface area contributed by atoms with Crippen molar-refractivity contribution in [2.24, 2.45) is 0 Å². The summed E-state index contributed by atoms with van der Waals surface area (Å²) in [6.45, 7) is 2.65. The second-order valence-electron chi connectivity index (χ2n) is 5.35. The standard InChI is InChI=1S/C18H15ClO8S/c1-3-26-17(22)12-9-13(20)14(18(23)27-4-2)16(15(12)21)28(24,25)11-7-5-10(19)6-8-11/h5-9H,3-4H2,1-2H3. The monoisotopic (exact) mass is 426 g/mol. The molecule has 0 heterocycles. The molecule has 0 saturated heterocycles. The van der Waals surface area contributed by atoms with Gasteiger partial charge in [0.2, 0.25) is 15.6 Å². The lowest BCUT2D eigenvalue weighted by Crippen LogP contribution is -2.32. The van der Waals surface area contributed by atoms with E-state index in [2.05, 4.69) is 0 Å². The Morgan fingerprint density at radius 3 is 2.04 bits per heavy atom. The van der Waals surface area contributed by atoms with Crippen LogP contribution in [0.1, 0.15) is 13.8 Å². The van der Waals surface area contributed by atoms with Gasteiger partial charge < -0.3 is 9.47 Å². The SMILES string of the molecule is CCOC(=O)C1=CC(=O)C(C(=O)OCC)=C(S(=O)(=O)c2ccc(Cl)cc2)C1=O. The number of benzene rings is 1. The van der Waals surface area contributed by atoms with Gasteiger partial charge in [0.15, 0.2) is 5.78 Å². The van der Waals surface area contributed by atoms with Gasteiger partial charge in [-0.1, -0.05) is 11.6 Å². The van der Waals surface area contributed by atoms with E-state index in [4.69, 9.17) is 21.1 Å². The fraction of sp³-hybridized carbons (Fsp3) is 0.222. The number of sulfone groups is 1. The summed E-state index contributed by atoms with van der Waals surface area (Å²) < 4.78 is 35.5. The molecule has 28 heavy (non-hydrogen) atoms. The first kappa shape index (κ1) is 21.5. The second kappa shape index (κ2) is 8.49.